The summed E-state index contributed by atoms with van der Waals surface area (Å²) in [6.45, 7) is 6.45. The van der Waals surface area contributed by atoms with Crippen molar-refractivity contribution in [3.8, 4) is 0 Å². The number of pyridine rings is 1. The van der Waals surface area contributed by atoms with Crippen LogP contribution in [0.4, 0.5) is 0 Å². The van der Waals surface area contributed by atoms with Gasteiger partial charge in [-0.3, -0.25) is 4.79 Å². The van der Waals surface area contributed by atoms with Gasteiger partial charge in [0.15, 0.2) is 0 Å². The second-order valence-corrected chi connectivity index (χ2v) is 7.92. The predicted octanol–water partition coefficient (Wildman–Crippen LogP) is 2.49. The van der Waals surface area contributed by atoms with Crippen LogP contribution in [0.1, 0.15) is 37.1 Å². The number of nitrogens with zero attached hydrogens (tertiary/aromatic N) is 4. The van der Waals surface area contributed by atoms with Crippen molar-refractivity contribution in [2.45, 2.75) is 45.2 Å². The number of aryl methyl sites for hydroxylation is 1. The van der Waals surface area contributed by atoms with Gasteiger partial charge < -0.3 is 18.9 Å². The minimum absolute atomic E-state index is 0.144. The molecule has 0 bridgehead atoms. The molecule has 146 valence electrons. The van der Waals surface area contributed by atoms with Crippen LogP contribution in [-0.4, -0.2) is 64.5 Å². The molecule has 4 rings (SSSR count). The van der Waals surface area contributed by atoms with Gasteiger partial charge in [-0.15, -0.1) is 0 Å². The number of fused-ring (bicyclic) bond motifs is 1. The molecule has 0 spiro atoms. The van der Waals surface area contributed by atoms with Gasteiger partial charge in [0.2, 0.25) is 5.91 Å². The molecule has 0 aliphatic carbocycles. The number of carbonyl (C=O) groups excluding carboxylic acids is 1. The van der Waals surface area contributed by atoms with Gasteiger partial charge in [0.05, 0.1) is 17.9 Å². The lowest BCUT2D eigenvalue weighted by atomic mass is 9.93. The number of imidazole rings is 1. The molecule has 0 saturated carbocycles. The summed E-state index contributed by atoms with van der Waals surface area (Å²) in [5.74, 6) is 0.414. The monoisotopic (exact) mass is 370 g/mol. The van der Waals surface area contributed by atoms with E-state index in [1.807, 2.05) is 43.3 Å². The molecule has 27 heavy (non-hydrogen) atoms. The Kier molecular flexibility index (Phi) is 5.45. The minimum atomic E-state index is 0.144. The zero-order chi connectivity index (χ0) is 18.8. The molecule has 4 heterocycles. The van der Waals surface area contributed by atoms with Gasteiger partial charge in [-0.05, 0) is 57.8 Å². The fourth-order valence-electron chi connectivity index (χ4n) is 4.53. The van der Waals surface area contributed by atoms with Crippen LogP contribution < -0.4 is 0 Å². The lowest BCUT2D eigenvalue weighted by Crippen LogP contribution is -2.46. The Morgan fingerprint density at radius 2 is 1.96 bits per heavy atom. The van der Waals surface area contributed by atoms with E-state index < -0.39 is 0 Å². The number of amides is 1. The highest BCUT2D eigenvalue weighted by Gasteiger charge is 2.31. The number of ether oxygens (including phenoxy) is 1. The maximum Gasteiger partial charge on any atom is 0.225 e. The van der Waals surface area contributed by atoms with Crippen LogP contribution in [0.2, 0.25) is 0 Å². The Morgan fingerprint density at radius 1 is 1.22 bits per heavy atom. The minimum Gasteiger partial charge on any atom is -0.381 e. The van der Waals surface area contributed by atoms with E-state index in [-0.39, 0.29) is 11.8 Å². The first-order valence-electron chi connectivity index (χ1n) is 10.1. The van der Waals surface area contributed by atoms with Gasteiger partial charge >= 0.3 is 0 Å². The number of rotatable bonds is 4. The number of hydrogen-bond donors (Lipinski definition) is 0. The molecule has 2 aliphatic rings. The summed E-state index contributed by atoms with van der Waals surface area (Å²) in [7, 11) is 1.93. The SMILES string of the molecule is Cc1nc2ccccn2c1CN(C)C(=O)C1CCN(C2CCOCC2)CC1. The molecule has 2 saturated heterocycles. The van der Waals surface area contributed by atoms with Crippen LogP contribution in [0.25, 0.3) is 5.65 Å². The largest absolute Gasteiger partial charge is 0.381 e. The van der Waals surface area contributed by atoms with Crippen LogP contribution in [0, 0.1) is 12.8 Å². The van der Waals surface area contributed by atoms with E-state index in [1.54, 1.807) is 0 Å². The van der Waals surface area contributed by atoms with Gasteiger partial charge in [-0.25, -0.2) is 4.98 Å². The summed E-state index contributed by atoms with van der Waals surface area (Å²) < 4.78 is 7.57. The average Bonchev–Trinajstić information content (AvgIpc) is 3.03. The van der Waals surface area contributed by atoms with Crippen LogP contribution in [0.15, 0.2) is 24.4 Å². The quantitative estimate of drug-likeness (QED) is 0.830. The summed E-state index contributed by atoms with van der Waals surface area (Å²) in [4.78, 5) is 22.1. The van der Waals surface area contributed by atoms with E-state index in [2.05, 4.69) is 14.3 Å². The fraction of sp³-hybridized carbons (Fsp3) is 0.619. The maximum absolute atomic E-state index is 13.0. The maximum atomic E-state index is 13.0. The molecule has 0 radical (unpaired) electrons. The standard InChI is InChI=1S/C21H30N4O2/c1-16-19(25-10-4-3-5-20(25)22-16)15-23(2)21(26)17-6-11-24(12-7-17)18-8-13-27-14-9-18/h3-5,10,17-18H,6-9,11-15H2,1-2H3. The second-order valence-electron chi connectivity index (χ2n) is 7.92. The molecule has 0 atom stereocenters. The van der Waals surface area contributed by atoms with E-state index in [0.717, 1.165) is 69.0 Å². The molecular weight excluding hydrogens is 340 g/mol. The Labute approximate surface area is 161 Å². The van der Waals surface area contributed by atoms with Crippen LogP contribution in [-0.2, 0) is 16.1 Å². The Hall–Kier alpha value is -1.92. The van der Waals surface area contributed by atoms with E-state index in [0.29, 0.717) is 12.6 Å². The van der Waals surface area contributed by atoms with Crippen molar-refractivity contribution in [3.05, 3.63) is 35.8 Å². The van der Waals surface area contributed by atoms with Crippen molar-refractivity contribution in [2.75, 3.05) is 33.4 Å². The molecule has 2 aromatic heterocycles. The summed E-state index contributed by atoms with van der Waals surface area (Å²) >= 11 is 0. The smallest absolute Gasteiger partial charge is 0.225 e. The highest BCUT2D eigenvalue weighted by atomic mass is 16.5. The van der Waals surface area contributed by atoms with Crippen molar-refractivity contribution >= 4 is 11.6 Å². The number of carbonyl (C=O) groups is 1. The molecule has 2 fully saturated rings. The Morgan fingerprint density at radius 3 is 2.70 bits per heavy atom. The first-order chi connectivity index (χ1) is 13.1. The van der Waals surface area contributed by atoms with Crippen molar-refractivity contribution in [2.24, 2.45) is 5.92 Å². The van der Waals surface area contributed by atoms with Gasteiger partial charge in [0.1, 0.15) is 5.65 Å². The molecule has 2 aliphatic heterocycles. The number of piperidine rings is 1. The normalized spacial score (nSPS) is 20.2. The Balaban J connectivity index is 1.36. The topological polar surface area (TPSA) is 50.1 Å². The van der Waals surface area contributed by atoms with Gasteiger partial charge in [0.25, 0.3) is 0 Å². The zero-order valence-corrected chi connectivity index (χ0v) is 16.4. The zero-order valence-electron chi connectivity index (χ0n) is 16.4. The lowest BCUT2D eigenvalue weighted by Gasteiger charge is -2.39. The van der Waals surface area contributed by atoms with Crippen molar-refractivity contribution in [3.63, 3.8) is 0 Å². The summed E-state index contributed by atoms with van der Waals surface area (Å²) in [6, 6.07) is 6.65. The highest BCUT2D eigenvalue weighted by molar-refractivity contribution is 5.78. The molecule has 0 unspecified atom stereocenters. The van der Waals surface area contributed by atoms with Gasteiger partial charge in [0, 0.05) is 38.4 Å². The van der Waals surface area contributed by atoms with Gasteiger partial charge in [-0.1, -0.05) is 6.07 Å². The first kappa shape index (κ1) is 18.4. The van der Waals surface area contributed by atoms with Crippen LogP contribution in [0.3, 0.4) is 0 Å². The molecule has 2 aromatic rings. The highest BCUT2D eigenvalue weighted by Crippen LogP contribution is 2.25. The summed E-state index contributed by atoms with van der Waals surface area (Å²) in [6.07, 6.45) is 6.22. The van der Waals surface area contributed by atoms with Crippen LogP contribution in [0.5, 0.6) is 0 Å². The molecule has 0 N–H and O–H groups in total. The molecular formula is C21H30N4O2. The van der Waals surface area contributed by atoms with E-state index in [4.69, 9.17) is 4.74 Å². The van der Waals surface area contributed by atoms with Crippen molar-refractivity contribution in [1.29, 1.82) is 0 Å². The molecule has 1 amide bonds. The summed E-state index contributed by atoms with van der Waals surface area (Å²) in [5.41, 5.74) is 3.03. The van der Waals surface area contributed by atoms with Crippen LogP contribution >= 0.6 is 0 Å². The van der Waals surface area contributed by atoms with E-state index >= 15 is 0 Å². The predicted molar refractivity (Wildman–Crippen MR) is 105 cm³/mol. The van der Waals surface area contributed by atoms with Crippen molar-refractivity contribution in [1.82, 2.24) is 19.2 Å². The number of hydrogen-bond acceptors (Lipinski definition) is 4. The van der Waals surface area contributed by atoms with E-state index in [1.165, 1.54) is 0 Å². The number of aromatic nitrogens is 2. The molecule has 6 heteroatoms. The first-order valence-corrected chi connectivity index (χ1v) is 10.1. The molecule has 0 aromatic carbocycles. The third-order valence-electron chi connectivity index (χ3n) is 6.18. The lowest BCUT2D eigenvalue weighted by molar-refractivity contribution is -0.136. The van der Waals surface area contributed by atoms with E-state index in [9.17, 15) is 4.79 Å². The van der Waals surface area contributed by atoms with Gasteiger partial charge in [-0.2, -0.15) is 0 Å². The van der Waals surface area contributed by atoms with Crippen molar-refractivity contribution < 1.29 is 9.53 Å². The Bertz CT molecular complexity index is 789. The fourth-order valence-corrected chi connectivity index (χ4v) is 4.53. The third kappa shape index (κ3) is 3.87. The number of likely N-dealkylation sites (tertiary alicyclic amines) is 1. The average molecular weight is 370 g/mol. The second kappa shape index (κ2) is 7.98. The molecule has 6 nitrogen and oxygen atoms in total. The third-order valence-corrected chi connectivity index (χ3v) is 6.18. The summed E-state index contributed by atoms with van der Waals surface area (Å²) in [5, 5.41) is 0.